The molecule has 0 radical (unpaired) electrons. The molecule has 2 aliphatic rings. The molecule has 2 atom stereocenters. The minimum absolute atomic E-state index is 0.166. The number of hydrogen-bond donors (Lipinski definition) is 1. The predicted molar refractivity (Wildman–Crippen MR) is 130 cm³/mol. The van der Waals surface area contributed by atoms with Crippen LogP contribution < -0.4 is 0 Å². The molecule has 170 valence electrons. The summed E-state index contributed by atoms with van der Waals surface area (Å²) in [6.45, 7) is 13.2. The Morgan fingerprint density at radius 3 is 2.50 bits per heavy atom. The molecule has 3 rings (SSSR count). The average molecular weight is 471 g/mol. The Labute approximate surface area is 192 Å². The monoisotopic (exact) mass is 470 g/mol. The Kier molecular flexibility index (Phi) is 8.09. The van der Waals surface area contributed by atoms with Crippen molar-refractivity contribution in [3.8, 4) is 0 Å². The van der Waals surface area contributed by atoms with Gasteiger partial charge in [0.2, 0.25) is 0 Å². The molecule has 1 aromatic carbocycles. The van der Waals surface area contributed by atoms with E-state index in [1.54, 1.807) is 0 Å². The summed E-state index contributed by atoms with van der Waals surface area (Å²) in [4.78, 5) is 1.23. The van der Waals surface area contributed by atoms with Crippen molar-refractivity contribution in [2.24, 2.45) is 0 Å². The second-order valence-corrected chi connectivity index (χ2v) is 18.0. The molecule has 0 aliphatic carbocycles. The fourth-order valence-corrected chi connectivity index (χ4v) is 8.30. The number of hydrogen-bond acceptors (Lipinski definition) is 6. The molecule has 30 heavy (non-hydrogen) atoms. The van der Waals surface area contributed by atoms with Gasteiger partial charge < -0.3 is 19.0 Å². The summed E-state index contributed by atoms with van der Waals surface area (Å²) in [5, 5.41) is 11.2. The Bertz CT molecular complexity index is 674. The molecule has 0 bridgehead atoms. The Balaban J connectivity index is 1.66. The number of aliphatic hydroxyl groups excluding tert-OH is 1. The lowest BCUT2D eigenvalue weighted by molar-refractivity contribution is -0.167. The van der Waals surface area contributed by atoms with Crippen LogP contribution in [0.25, 0.3) is 0 Å². The van der Waals surface area contributed by atoms with Crippen molar-refractivity contribution in [1.29, 1.82) is 0 Å². The van der Waals surface area contributed by atoms with E-state index in [4.69, 9.17) is 13.9 Å². The first-order valence-electron chi connectivity index (χ1n) is 11.0. The molecule has 7 heteroatoms. The summed E-state index contributed by atoms with van der Waals surface area (Å²) in [6.07, 6.45) is 2.67. The molecule has 0 saturated carbocycles. The van der Waals surface area contributed by atoms with E-state index in [0.717, 1.165) is 18.6 Å². The SMILES string of the molecule is CC(C)(C)[Si](C)(C)OCC[C@@H](O)C[C@@]1(Sc2ccccc2)CC2(CCS1)OCCO2. The number of ether oxygens (including phenoxy) is 2. The van der Waals surface area contributed by atoms with Gasteiger partial charge >= 0.3 is 0 Å². The highest BCUT2D eigenvalue weighted by Crippen LogP contribution is 2.56. The number of benzene rings is 1. The minimum Gasteiger partial charge on any atom is -0.417 e. The van der Waals surface area contributed by atoms with Crippen molar-refractivity contribution >= 4 is 31.8 Å². The van der Waals surface area contributed by atoms with E-state index in [9.17, 15) is 5.11 Å². The zero-order valence-corrected chi connectivity index (χ0v) is 21.7. The van der Waals surface area contributed by atoms with E-state index in [1.807, 2.05) is 29.6 Å². The van der Waals surface area contributed by atoms with Crippen LogP contribution in [0.2, 0.25) is 18.1 Å². The normalized spacial score (nSPS) is 25.5. The van der Waals surface area contributed by atoms with Crippen LogP contribution in [0.5, 0.6) is 0 Å². The van der Waals surface area contributed by atoms with Crippen LogP contribution in [0.1, 0.15) is 46.5 Å². The van der Waals surface area contributed by atoms with Crippen molar-refractivity contribution in [1.82, 2.24) is 0 Å². The summed E-state index contributed by atoms with van der Waals surface area (Å²) in [5.41, 5.74) is 0. The summed E-state index contributed by atoms with van der Waals surface area (Å²) < 4.78 is 18.3. The van der Waals surface area contributed by atoms with Crippen LogP contribution in [0, 0.1) is 0 Å². The second-order valence-electron chi connectivity index (χ2n) is 9.96. The maximum Gasteiger partial charge on any atom is 0.191 e. The maximum atomic E-state index is 11.0. The van der Waals surface area contributed by atoms with E-state index in [0.29, 0.717) is 32.7 Å². The topological polar surface area (TPSA) is 47.9 Å². The van der Waals surface area contributed by atoms with E-state index in [1.165, 1.54) is 4.90 Å². The second kappa shape index (κ2) is 9.85. The largest absolute Gasteiger partial charge is 0.417 e. The fourth-order valence-electron chi connectivity index (χ4n) is 3.76. The lowest BCUT2D eigenvalue weighted by Crippen LogP contribution is -2.45. The molecule has 2 fully saturated rings. The Morgan fingerprint density at radius 1 is 1.20 bits per heavy atom. The van der Waals surface area contributed by atoms with Gasteiger partial charge in [0.1, 0.15) is 0 Å². The van der Waals surface area contributed by atoms with Gasteiger partial charge in [-0.1, -0.05) is 39.0 Å². The number of rotatable bonds is 8. The minimum atomic E-state index is -1.79. The summed E-state index contributed by atoms with van der Waals surface area (Å²) in [6, 6.07) is 10.5. The zero-order chi connectivity index (χ0) is 21.9. The molecule has 0 aromatic heterocycles. The zero-order valence-electron chi connectivity index (χ0n) is 19.1. The van der Waals surface area contributed by atoms with Crippen LogP contribution >= 0.6 is 23.5 Å². The molecule has 0 unspecified atom stereocenters. The molecular weight excluding hydrogens is 432 g/mol. The summed E-state index contributed by atoms with van der Waals surface area (Å²) >= 11 is 3.80. The maximum absolute atomic E-state index is 11.0. The highest BCUT2D eigenvalue weighted by Gasteiger charge is 2.50. The standard InChI is InChI=1S/C23H38O4S2Si/c1-21(2,3)30(4,5)27-13-11-19(24)17-23(29-20-9-7-6-8-10-20)18-22(12-16-28-23)25-14-15-26-22/h6-10,19,24H,11-18H2,1-5H3/t19-,23-/m1/s1. The van der Waals surface area contributed by atoms with Crippen LogP contribution in [-0.4, -0.2) is 55.0 Å². The fraction of sp³-hybridized carbons (Fsp3) is 0.739. The summed E-state index contributed by atoms with van der Waals surface area (Å²) in [5.74, 6) is 0.497. The first kappa shape index (κ1) is 24.6. The van der Waals surface area contributed by atoms with Gasteiger partial charge in [0.15, 0.2) is 14.1 Å². The van der Waals surface area contributed by atoms with Gasteiger partial charge in [-0.3, -0.25) is 0 Å². The predicted octanol–water partition coefficient (Wildman–Crippen LogP) is 5.91. The first-order chi connectivity index (χ1) is 14.1. The van der Waals surface area contributed by atoms with E-state index in [2.05, 4.69) is 58.1 Å². The van der Waals surface area contributed by atoms with Gasteiger partial charge in [-0.2, -0.15) is 0 Å². The first-order valence-corrected chi connectivity index (χ1v) is 15.7. The number of aliphatic hydroxyl groups is 1. The van der Waals surface area contributed by atoms with E-state index in [-0.39, 0.29) is 9.12 Å². The molecule has 2 saturated heterocycles. The average Bonchev–Trinajstić information content (AvgIpc) is 3.08. The third-order valence-corrected chi connectivity index (χ3v) is 14.1. The molecule has 4 nitrogen and oxygen atoms in total. The third-order valence-electron chi connectivity index (χ3n) is 6.51. The van der Waals surface area contributed by atoms with Crippen molar-refractivity contribution in [3.05, 3.63) is 30.3 Å². The van der Waals surface area contributed by atoms with E-state index < -0.39 is 20.2 Å². The quantitative estimate of drug-likeness (QED) is 0.477. The van der Waals surface area contributed by atoms with Crippen molar-refractivity contribution in [2.45, 2.75) is 85.5 Å². The van der Waals surface area contributed by atoms with Crippen molar-refractivity contribution in [3.63, 3.8) is 0 Å². The highest BCUT2D eigenvalue weighted by atomic mass is 32.2. The molecule has 2 aliphatic heterocycles. The van der Waals surface area contributed by atoms with Gasteiger partial charge in [0.05, 0.1) is 23.4 Å². The van der Waals surface area contributed by atoms with Gasteiger partial charge in [-0.25, -0.2) is 0 Å². The van der Waals surface area contributed by atoms with Crippen molar-refractivity contribution in [2.75, 3.05) is 25.6 Å². The molecular formula is C23H38O4S2Si. The van der Waals surface area contributed by atoms with Crippen LogP contribution in [0.3, 0.4) is 0 Å². The smallest absolute Gasteiger partial charge is 0.191 e. The summed E-state index contributed by atoms with van der Waals surface area (Å²) in [7, 11) is -1.79. The highest BCUT2D eigenvalue weighted by molar-refractivity contribution is 8.18. The van der Waals surface area contributed by atoms with Crippen LogP contribution in [0.4, 0.5) is 0 Å². The molecule has 1 spiro atoms. The molecule has 2 heterocycles. The van der Waals surface area contributed by atoms with Crippen molar-refractivity contribution < 1.29 is 19.0 Å². The van der Waals surface area contributed by atoms with Gasteiger partial charge in [-0.05, 0) is 48.9 Å². The van der Waals surface area contributed by atoms with Gasteiger partial charge in [0.25, 0.3) is 0 Å². The molecule has 0 amide bonds. The van der Waals surface area contributed by atoms with E-state index >= 15 is 0 Å². The van der Waals surface area contributed by atoms with Gasteiger partial charge in [0, 0.05) is 24.3 Å². The molecule has 1 N–H and O–H groups in total. The Hall–Kier alpha value is -0.0231. The van der Waals surface area contributed by atoms with Crippen LogP contribution in [-0.2, 0) is 13.9 Å². The third kappa shape index (κ3) is 6.27. The van der Waals surface area contributed by atoms with Crippen LogP contribution in [0.15, 0.2) is 35.2 Å². The Morgan fingerprint density at radius 2 is 1.87 bits per heavy atom. The lowest BCUT2D eigenvalue weighted by Gasteiger charge is -2.45. The molecule has 1 aromatic rings. The van der Waals surface area contributed by atoms with Gasteiger partial charge in [-0.15, -0.1) is 23.5 Å². The lowest BCUT2D eigenvalue weighted by atomic mass is 10.0. The number of thioether (sulfide) groups is 2.